The maximum absolute atomic E-state index is 3.62. The lowest BCUT2D eigenvalue weighted by atomic mass is 9.83. The Morgan fingerprint density at radius 3 is 2.72 bits per heavy atom. The van der Waals surface area contributed by atoms with Crippen molar-refractivity contribution in [2.45, 2.75) is 38.6 Å². The van der Waals surface area contributed by atoms with Gasteiger partial charge < -0.3 is 5.32 Å². The topological polar surface area (TPSA) is 12.0 Å². The van der Waals surface area contributed by atoms with Crippen LogP contribution in [-0.4, -0.2) is 6.54 Å². The molecule has 0 aliphatic heterocycles. The minimum atomic E-state index is 0.267. The highest BCUT2D eigenvalue weighted by molar-refractivity contribution is 5.88. The summed E-state index contributed by atoms with van der Waals surface area (Å²) < 4.78 is 0. The van der Waals surface area contributed by atoms with E-state index in [2.05, 4.69) is 62.5 Å². The van der Waals surface area contributed by atoms with E-state index in [1.54, 1.807) is 5.56 Å². The van der Waals surface area contributed by atoms with Crippen molar-refractivity contribution in [3.8, 4) is 0 Å². The number of rotatable bonds is 2. The molecule has 1 aliphatic carbocycles. The van der Waals surface area contributed by atoms with Crippen LogP contribution in [0.2, 0.25) is 0 Å². The summed E-state index contributed by atoms with van der Waals surface area (Å²) in [6.07, 6.45) is 1.20. The minimum absolute atomic E-state index is 0.267. The van der Waals surface area contributed by atoms with Gasteiger partial charge in [-0.05, 0) is 40.3 Å². The Bertz CT molecular complexity index is 583. The summed E-state index contributed by atoms with van der Waals surface area (Å²) in [6.45, 7) is 7.96. The summed E-state index contributed by atoms with van der Waals surface area (Å²) >= 11 is 0. The standard InChI is InChI=1S/C17H21N/c1-4-18-15-11-17(2,3)16-13-8-6-5-7-12(13)9-10-14(15)16/h5-10,15,18H,4,11H2,1-3H3. The average Bonchev–Trinajstić information content (AvgIpc) is 2.62. The van der Waals surface area contributed by atoms with Gasteiger partial charge in [-0.25, -0.2) is 0 Å². The lowest BCUT2D eigenvalue weighted by Gasteiger charge is -2.21. The van der Waals surface area contributed by atoms with E-state index in [-0.39, 0.29) is 5.41 Å². The third kappa shape index (κ3) is 1.65. The van der Waals surface area contributed by atoms with E-state index >= 15 is 0 Å². The Hall–Kier alpha value is -1.34. The number of hydrogen-bond donors (Lipinski definition) is 1. The van der Waals surface area contributed by atoms with E-state index in [1.165, 1.54) is 22.8 Å². The molecule has 0 spiro atoms. The van der Waals surface area contributed by atoms with Crippen LogP contribution in [0.5, 0.6) is 0 Å². The summed E-state index contributed by atoms with van der Waals surface area (Å²) in [5.74, 6) is 0. The normalized spacial score (nSPS) is 21.2. The second-order valence-electron chi connectivity index (χ2n) is 5.95. The maximum Gasteiger partial charge on any atom is 0.0331 e. The summed E-state index contributed by atoms with van der Waals surface area (Å²) in [7, 11) is 0. The average molecular weight is 239 g/mol. The van der Waals surface area contributed by atoms with Gasteiger partial charge in [-0.15, -0.1) is 0 Å². The molecule has 94 valence electrons. The van der Waals surface area contributed by atoms with Crippen LogP contribution in [0.1, 0.15) is 44.4 Å². The lowest BCUT2D eigenvalue weighted by Crippen LogP contribution is -2.20. The second-order valence-corrected chi connectivity index (χ2v) is 5.95. The van der Waals surface area contributed by atoms with Gasteiger partial charge >= 0.3 is 0 Å². The first-order valence-electron chi connectivity index (χ1n) is 6.89. The Balaban J connectivity index is 2.26. The van der Waals surface area contributed by atoms with E-state index in [4.69, 9.17) is 0 Å². The smallest absolute Gasteiger partial charge is 0.0331 e. The highest BCUT2D eigenvalue weighted by Gasteiger charge is 2.37. The third-order valence-electron chi connectivity index (χ3n) is 4.18. The number of hydrogen-bond acceptors (Lipinski definition) is 1. The molecule has 3 rings (SSSR count). The van der Waals surface area contributed by atoms with Crippen molar-refractivity contribution in [3.05, 3.63) is 47.5 Å². The van der Waals surface area contributed by atoms with Gasteiger partial charge in [0.25, 0.3) is 0 Å². The Labute approximate surface area is 109 Å². The molecule has 0 saturated heterocycles. The molecule has 0 amide bonds. The van der Waals surface area contributed by atoms with E-state index in [9.17, 15) is 0 Å². The fourth-order valence-corrected chi connectivity index (χ4v) is 3.48. The minimum Gasteiger partial charge on any atom is -0.310 e. The van der Waals surface area contributed by atoms with Gasteiger partial charge in [-0.3, -0.25) is 0 Å². The first kappa shape index (κ1) is 11.7. The third-order valence-corrected chi connectivity index (χ3v) is 4.18. The molecule has 2 aromatic rings. The molecule has 0 aromatic heterocycles. The fraction of sp³-hybridized carbons (Fsp3) is 0.412. The SMILES string of the molecule is CCNC1CC(C)(C)c2c1ccc1ccccc21. The molecule has 1 N–H and O–H groups in total. The summed E-state index contributed by atoms with van der Waals surface area (Å²) in [6, 6.07) is 13.9. The van der Waals surface area contributed by atoms with Crippen LogP contribution < -0.4 is 5.32 Å². The largest absolute Gasteiger partial charge is 0.310 e. The van der Waals surface area contributed by atoms with Crippen LogP contribution in [0.25, 0.3) is 10.8 Å². The van der Waals surface area contributed by atoms with Crippen LogP contribution >= 0.6 is 0 Å². The van der Waals surface area contributed by atoms with Crippen molar-refractivity contribution in [2.24, 2.45) is 0 Å². The van der Waals surface area contributed by atoms with Gasteiger partial charge in [0, 0.05) is 6.04 Å². The van der Waals surface area contributed by atoms with Crippen molar-refractivity contribution < 1.29 is 0 Å². The number of benzene rings is 2. The Morgan fingerprint density at radius 1 is 1.17 bits per heavy atom. The number of nitrogens with one attached hydrogen (secondary N) is 1. The van der Waals surface area contributed by atoms with Gasteiger partial charge in [-0.1, -0.05) is 57.2 Å². The molecule has 0 saturated carbocycles. The van der Waals surface area contributed by atoms with E-state index in [0.29, 0.717) is 6.04 Å². The van der Waals surface area contributed by atoms with Crippen molar-refractivity contribution in [3.63, 3.8) is 0 Å². The highest BCUT2D eigenvalue weighted by atomic mass is 14.9. The summed E-state index contributed by atoms with van der Waals surface area (Å²) in [5.41, 5.74) is 3.32. The van der Waals surface area contributed by atoms with Crippen molar-refractivity contribution >= 4 is 10.8 Å². The Morgan fingerprint density at radius 2 is 1.94 bits per heavy atom. The molecule has 1 heteroatoms. The lowest BCUT2D eigenvalue weighted by molar-refractivity contribution is 0.435. The molecular weight excluding hydrogens is 218 g/mol. The van der Waals surface area contributed by atoms with Crippen molar-refractivity contribution in [1.29, 1.82) is 0 Å². The van der Waals surface area contributed by atoms with Crippen LogP contribution in [0.3, 0.4) is 0 Å². The molecule has 1 atom stereocenters. The van der Waals surface area contributed by atoms with Crippen LogP contribution in [0.4, 0.5) is 0 Å². The Kier molecular flexibility index (Phi) is 2.67. The molecule has 1 unspecified atom stereocenters. The molecule has 0 bridgehead atoms. The summed E-state index contributed by atoms with van der Waals surface area (Å²) in [5, 5.41) is 6.41. The summed E-state index contributed by atoms with van der Waals surface area (Å²) in [4.78, 5) is 0. The first-order valence-corrected chi connectivity index (χ1v) is 6.89. The van der Waals surface area contributed by atoms with Crippen LogP contribution in [-0.2, 0) is 5.41 Å². The molecular formula is C17H21N. The maximum atomic E-state index is 3.62. The zero-order valence-corrected chi connectivity index (χ0v) is 11.5. The zero-order chi connectivity index (χ0) is 12.8. The first-order chi connectivity index (χ1) is 8.63. The van der Waals surface area contributed by atoms with Crippen LogP contribution in [0.15, 0.2) is 36.4 Å². The van der Waals surface area contributed by atoms with Gasteiger partial charge in [-0.2, -0.15) is 0 Å². The van der Waals surface area contributed by atoms with E-state index < -0.39 is 0 Å². The molecule has 2 aromatic carbocycles. The molecule has 1 aliphatic rings. The predicted molar refractivity (Wildman–Crippen MR) is 78.0 cm³/mol. The van der Waals surface area contributed by atoms with Crippen LogP contribution in [0, 0.1) is 0 Å². The van der Waals surface area contributed by atoms with Crippen molar-refractivity contribution in [2.75, 3.05) is 6.54 Å². The van der Waals surface area contributed by atoms with E-state index in [1.807, 2.05) is 0 Å². The molecule has 0 radical (unpaired) electrons. The molecule has 0 heterocycles. The predicted octanol–water partition coefficient (Wildman–Crippen LogP) is 4.17. The van der Waals surface area contributed by atoms with Gasteiger partial charge in [0.05, 0.1) is 0 Å². The van der Waals surface area contributed by atoms with Gasteiger partial charge in [0.2, 0.25) is 0 Å². The molecule has 1 nitrogen and oxygen atoms in total. The quantitative estimate of drug-likeness (QED) is 0.829. The fourth-order valence-electron chi connectivity index (χ4n) is 3.48. The molecule has 18 heavy (non-hydrogen) atoms. The van der Waals surface area contributed by atoms with Gasteiger partial charge in [0.1, 0.15) is 0 Å². The monoisotopic (exact) mass is 239 g/mol. The van der Waals surface area contributed by atoms with E-state index in [0.717, 1.165) is 6.54 Å². The zero-order valence-electron chi connectivity index (χ0n) is 11.5. The number of fused-ring (bicyclic) bond motifs is 3. The molecule has 0 fully saturated rings. The van der Waals surface area contributed by atoms with Gasteiger partial charge in [0.15, 0.2) is 0 Å². The van der Waals surface area contributed by atoms with Crippen molar-refractivity contribution in [1.82, 2.24) is 5.32 Å². The second kappa shape index (κ2) is 4.10. The highest BCUT2D eigenvalue weighted by Crippen LogP contribution is 2.47.